The first-order chi connectivity index (χ1) is 22.3. The van der Waals surface area contributed by atoms with E-state index in [9.17, 15) is 4.39 Å². The van der Waals surface area contributed by atoms with Crippen LogP contribution in [-0.4, -0.2) is 84.4 Å². The standard InChI is InChI=1S/C24H30ClFN6S.C7H16O.C2H6S.CH3NO/c1-3-12-32(2)13-11-27-9-4-5-18-15-19(8-10-28-18)29-23-16-22(30-31-24(23)33)20-14-17(25)6-7-21(20)26;1-5-6-8-7(2,3)4;1-3-2;2-1-3/h6-8,10,14-16,27H,3-5,9,11-13H2,1-2H3,(H,31,33)(H,28,29,30);5-6H2,1-4H3;1-2H3;1H,(H2,2,3). The number of aromatic amines is 1. The minimum atomic E-state index is -0.403. The van der Waals surface area contributed by atoms with Gasteiger partial charge in [-0.15, -0.1) is 0 Å². The molecule has 13 heteroatoms. The molecule has 9 nitrogen and oxygen atoms in total. The van der Waals surface area contributed by atoms with E-state index in [4.69, 9.17) is 33.4 Å². The third-order valence-electron chi connectivity index (χ3n) is 5.90. The molecule has 0 bridgehead atoms. The minimum absolute atomic E-state index is 0.0516. The van der Waals surface area contributed by atoms with Gasteiger partial charge in [0.25, 0.3) is 0 Å². The number of hydrogen-bond acceptors (Lipinski definition) is 9. The summed E-state index contributed by atoms with van der Waals surface area (Å²) in [7, 11) is 2.15. The number of pyridine rings is 1. The van der Waals surface area contributed by atoms with E-state index in [2.05, 4.69) is 78.1 Å². The van der Waals surface area contributed by atoms with Crippen LogP contribution in [0.3, 0.4) is 0 Å². The number of nitrogens with zero attached hydrogens (tertiary/aromatic N) is 3. The Labute approximate surface area is 296 Å². The van der Waals surface area contributed by atoms with Gasteiger partial charge in [0.2, 0.25) is 6.41 Å². The Hall–Kier alpha value is -2.61. The molecule has 0 fully saturated rings. The molecule has 0 atom stereocenters. The van der Waals surface area contributed by atoms with Crippen molar-refractivity contribution in [2.75, 3.05) is 57.7 Å². The molecule has 0 spiro atoms. The maximum Gasteiger partial charge on any atom is 0.204 e. The Bertz CT molecular complexity index is 1330. The predicted octanol–water partition coefficient (Wildman–Crippen LogP) is 7.89. The number of hydrogen-bond donors (Lipinski definition) is 4. The van der Waals surface area contributed by atoms with Crippen LogP contribution in [0.25, 0.3) is 11.3 Å². The first-order valence-electron chi connectivity index (χ1n) is 15.7. The summed E-state index contributed by atoms with van der Waals surface area (Å²) in [5, 5.41) is 14.2. The summed E-state index contributed by atoms with van der Waals surface area (Å²) in [5.74, 6) is -0.403. The SMILES string of the molecule is CCCN(C)CCNCCCc1cc(Nc2cc(-c3cc(Cl)ccc3F)n[nH]c2=S)ccn1.CCCOC(C)(C)C.CSC.NC=O. The van der Waals surface area contributed by atoms with Crippen LogP contribution in [0, 0.1) is 10.5 Å². The summed E-state index contributed by atoms with van der Waals surface area (Å²) in [4.78, 5) is 15.4. The van der Waals surface area contributed by atoms with Gasteiger partial charge in [0.05, 0.1) is 17.0 Å². The third kappa shape index (κ3) is 21.8. The number of aromatic nitrogens is 3. The highest BCUT2D eigenvalue weighted by atomic mass is 35.5. The van der Waals surface area contributed by atoms with E-state index in [1.807, 2.05) is 24.6 Å². The highest BCUT2D eigenvalue weighted by molar-refractivity contribution is 7.97. The van der Waals surface area contributed by atoms with Gasteiger partial charge in [-0.1, -0.05) is 37.7 Å². The van der Waals surface area contributed by atoms with Crippen molar-refractivity contribution < 1.29 is 13.9 Å². The summed E-state index contributed by atoms with van der Waals surface area (Å²) in [6.45, 7) is 15.5. The summed E-state index contributed by atoms with van der Waals surface area (Å²) in [5.41, 5.74) is 7.42. The fourth-order valence-electron chi connectivity index (χ4n) is 3.87. The molecule has 0 unspecified atom stereocenters. The van der Waals surface area contributed by atoms with Crippen molar-refractivity contribution in [1.29, 1.82) is 0 Å². The lowest BCUT2D eigenvalue weighted by atomic mass is 10.1. The number of rotatable bonds is 14. The van der Waals surface area contributed by atoms with Crippen molar-refractivity contribution in [3.63, 3.8) is 0 Å². The van der Waals surface area contributed by atoms with E-state index in [1.165, 1.54) is 18.6 Å². The van der Waals surface area contributed by atoms with E-state index in [0.29, 0.717) is 26.6 Å². The number of anilines is 2. The van der Waals surface area contributed by atoms with Gasteiger partial charge in [0.15, 0.2) is 0 Å². The molecule has 0 aliphatic rings. The second kappa shape index (κ2) is 26.4. The van der Waals surface area contributed by atoms with Crippen molar-refractivity contribution in [3.05, 3.63) is 63.8 Å². The second-order valence-corrected chi connectivity index (χ2v) is 13.1. The van der Waals surface area contributed by atoms with Crippen LogP contribution >= 0.6 is 35.6 Å². The summed E-state index contributed by atoms with van der Waals surface area (Å²) in [6.07, 6.45) is 10.3. The maximum absolute atomic E-state index is 14.3. The Kier molecular flexibility index (Phi) is 24.9. The fourth-order valence-corrected chi connectivity index (χ4v) is 4.20. The monoisotopic (exact) mass is 711 g/mol. The molecular weight excluding hydrogens is 657 g/mol. The van der Waals surface area contributed by atoms with Gasteiger partial charge in [0, 0.05) is 47.9 Å². The van der Waals surface area contributed by atoms with Crippen LogP contribution in [0.5, 0.6) is 0 Å². The number of carbonyl (C=O) groups is 1. The predicted molar refractivity (Wildman–Crippen MR) is 202 cm³/mol. The molecule has 1 aromatic carbocycles. The molecule has 264 valence electrons. The molecule has 0 aliphatic heterocycles. The number of nitrogens with two attached hydrogens (primary N) is 1. The lowest BCUT2D eigenvalue weighted by Crippen LogP contribution is -2.30. The minimum Gasteiger partial charge on any atom is -0.376 e. The van der Waals surface area contributed by atoms with Crippen LogP contribution in [0.1, 0.15) is 59.6 Å². The number of ether oxygens (including phenoxy) is 1. The van der Waals surface area contributed by atoms with Crippen molar-refractivity contribution >= 4 is 53.4 Å². The molecule has 0 radical (unpaired) electrons. The van der Waals surface area contributed by atoms with Crippen LogP contribution in [-0.2, 0) is 16.0 Å². The van der Waals surface area contributed by atoms with E-state index in [1.54, 1.807) is 30.1 Å². The largest absolute Gasteiger partial charge is 0.376 e. The van der Waals surface area contributed by atoms with Crippen molar-refractivity contribution in [2.45, 2.75) is 65.9 Å². The number of amides is 1. The van der Waals surface area contributed by atoms with Crippen molar-refractivity contribution in [3.8, 4) is 11.3 Å². The second-order valence-electron chi connectivity index (χ2n) is 11.4. The molecule has 5 N–H and O–H groups in total. The van der Waals surface area contributed by atoms with Gasteiger partial charge in [-0.3, -0.25) is 14.9 Å². The number of H-pyrrole nitrogens is 1. The van der Waals surface area contributed by atoms with E-state index in [0.717, 1.165) is 63.4 Å². The normalized spacial score (nSPS) is 10.5. The van der Waals surface area contributed by atoms with E-state index in [-0.39, 0.29) is 12.0 Å². The molecule has 2 heterocycles. The van der Waals surface area contributed by atoms with Gasteiger partial charge < -0.3 is 26.0 Å². The average molecular weight is 712 g/mol. The number of carbonyl (C=O) groups excluding carboxylic acids is 1. The topological polar surface area (TPSA) is 121 Å². The number of aryl methyl sites for hydroxylation is 1. The smallest absolute Gasteiger partial charge is 0.204 e. The summed E-state index contributed by atoms with van der Waals surface area (Å²) in [6, 6.07) is 9.96. The molecule has 0 saturated carbocycles. The number of thioether (sulfide) groups is 1. The highest BCUT2D eigenvalue weighted by Gasteiger charge is 2.10. The van der Waals surface area contributed by atoms with Gasteiger partial charge in [-0.05, 0) is 116 Å². The molecule has 0 aliphatic carbocycles. The molecule has 3 rings (SSSR count). The zero-order valence-corrected chi connectivity index (χ0v) is 31.7. The Morgan fingerprint density at radius 3 is 2.40 bits per heavy atom. The number of benzene rings is 1. The number of nitrogens with one attached hydrogen (secondary N) is 3. The van der Waals surface area contributed by atoms with Crippen LogP contribution < -0.4 is 16.4 Å². The van der Waals surface area contributed by atoms with Gasteiger partial charge >= 0.3 is 0 Å². The summed E-state index contributed by atoms with van der Waals surface area (Å²) < 4.78 is 20.1. The Morgan fingerprint density at radius 1 is 1.13 bits per heavy atom. The first kappa shape index (κ1) is 44.4. The van der Waals surface area contributed by atoms with E-state index < -0.39 is 5.82 Å². The quantitative estimate of drug-likeness (QED) is 0.0752. The van der Waals surface area contributed by atoms with Crippen LogP contribution in [0.4, 0.5) is 15.8 Å². The summed E-state index contributed by atoms with van der Waals surface area (Å²) >= 11 is 13.1. The number of halogens is 2. The van der Waals surface area contributed by atoms with Gasteiger partial charge in [0.1, 0.15) is 10.5 Å². The zero-order chi connectivity index (χ0) is 35.7. The fraction of sp³-hybridized carbons (Fsp3) is 0.529. The average Bonchev–Trinajstić information content (AvgIpc) is 3.01. The van der Waals surface area contributed by atoms with Crippen LogP contribution in [0.15, 0.2) is 42.6 Å². The number of primary amides is 1. The zero-order valence-electron chi connectivity index (χ0n) is 29.3. The van der Waals surface area contributed by atoms with Crippen molar-refractivity contribution in [2.24, 2.45) is 5.73 Å². The molecule has 3 aromatic rings. The van der Waals surface area contributed by atoms with Crippen molar-refractivity contribution in [1.82, 2.24) is 25.4 Å². The molecule has 2 aromatic heterocycles. The lowest BCUT2D eigenvalue weighted by molar-refractivity contribution is -0.106. The maximum atomic E-state index is 14.3. The van der Waals surface area contributed by atoms with E-state index >= 15 is 0 Å². The van der Waals surface area contributed by atoms with Gasteiger partial charge in [-0.2, -0.15) is 16.9 Å². The molecule has 1 amide bonds. The Balaban J connectivity index is 0.00000127. The third-order valence-corrected chi connectivity index (χ3v) is 6.45. The van der Waals surface area contributed by atoms with Crippen LogP contribution in [0.2, 0.25) is 5.02 Å². The lowest BCUT2D eigenvalue weighted by Gasteiger charge is -2.18. The van der Waals surface area contributed by atoms with Gasteiger partial charge in [-0.25, -0.2) is 4.39 Å². The first-order valence-corrected chi connectivity index (χ1v) is 18.1. The molecule has 0 saturated heterocycles. The molecular formula is C34H55ClFN7O2S2. The number of likely N-dealkylation sites (N-methyl/N-ethyl adjacent to an activating group) is 1. The Morgan fingerprint density at radius 2 is 1.81 bits per heavy atom. The molecule has 47 heavy (non-hydrogen) atoms. The highest BCUT2D eigenvalue weighted by Crippen LogP contribution is 2.27.